The molecule has 1 saturated heterocycles. The number of sulfonamides is 1. The molecule has 1 unspecified atom stereocenters. The van der Waals surface area contributed by atoms with E-state index in [0.29, 0.717) is 6.54 Å². The van der Waals surface area contributed by atoms with Gasteiger partial charge in [0, 0.05) is 25.0 Å². The lowest BCUT2D eigenvalue weighted by atomic mass is 10.1. The molecule has 6 nitrogen and oxygen atoms in total. The molecule has 9 heteroatoms. The van der Waals surface area contributed by atoms with Gasteiger partial charge in [0.05, 0.1) is 0 Å². The lowest BCUT2D eigenvalue weighted by Crippen LogP contribution is -2.36. The van der Waals surface area contributed by atoms with Gasteiger partial charge in [0.1, 0.15) is 0 Å². The van der Waals surface area contributed by atoms with Crippen molar-refractivity contribution in [3.8, 4) is 0 Å². The van der Waals surface area contributed by atoms with E-state index in [1.165, 1.54) is 4.68 Å². The van der Waals surface area contributed by atoms with Crippen LogP contribution in [0.4, 0.5) is 0 Å². The summed E-state index contributed by atoms with van der Waals surface area (Å²) in [6.45, 7) is 0.576. The number of aryl methyl sites for hydroxylation is 1. The van der Waals surface area contributed by atoms with Gasteiger partial charge < -0.3 is 0 Å². The van der Waals surface area contributed by atoms with Crippen LogP contribution in [0, 0.1) is 0 Å². The van der Waals surface area contributed by atoms with E-state index in [4.69, 9.17) is 0 Å². The van der Waals surface area contributed by atoms with Crippen LogP contribution >= 0.6 is 31.9 Å². The summed E-state index contributed by atoms with van der Waals surface area (Å²) in [6.07, 6.45) is 3.69. The lowest BCUT2D eigenvalue weighted by Gasteiger charge is -2.23. The van der Waals surface area contributed by atoms with Gasteiger partial charge in [0.15, 0.2) is 4.60 Å². The van der Waals surface area contributed by atoms with E-state index >= 15 is 0 Å². The summed E-state index contributed by atoms with van der Waals surface area (Å²) < 4.78 is 28.6. The van der Waals surface area contributed by atoms with Crippen molar-refractivity contribution in [2.75, 3.05) is 11.9 Å². The molecule has 1 aliphatic heterocycles. The molecule has 19 heavy (non-hydrogen) atoms. The first-order chi connectivity index (χ1) is 8.98. The predicted octanol–water partition coefficient (Wildman–Crippen LogP) is 1.91. The van der Waals surface area contributed by atoms with Crippen LogP contribution in [0.3, 0.4) is 0 Å². The van der Waals surface area contributed by atoms with E-state index in [9.17, 15) is 8.42 Å². The molecule has 0 aromatic carbocycles. The highest BCUT2D eigenvalue weighted by molar-refractivity contribution is 9.10. The number of hydrogen-bond donors (Lipinski definition) is 0. The fourth-order valence-corrected chi connectivity index (χ4v) is 5.52. The summed E-state index contributed by atoms with van der Waals surface area (Å²) in [5.41, 5.74) is 0. The summed E-state index contributed by atoms with van der Waals surface area (Å²) >= 11 is 6.55. The molecule has 1 aromatic heterocycles. The first-order valence-corrected chi connectivity index (χ1v) is 9.47. The molecule has 0 bridgehead atoms. The third-order valence-corrected chi connectivity index (χ3v) is 6.69. The zero-order chi connectivity index (χ0) is 14.0. The Balaban J connectivity index is 2.29. The third kappa shape index (κ3) is 3.03. The van der Waals surface area contributed by atoms with Crippen molar-refractivity contribution in [3.05, 3.63) is 4.60 Å². The molecule has 108 valence electrons. The summed E-state index contributed by atoms with van der Waals surface area (Å²) in [4.78, 5) is 0. The quantitative estimate of drug-likeness (QED) is 0.688. The van der Waals surface area contributed by atoms with Crippen LogP contribution in [0.25, 0.3) is 0 Å². The molecule has 1 aromatic rings. The van der Waals surface area contributed by atoms with Gasteiger partial charge in [0.2, 0.25) is 5.03 Å². The Morgan fingerprint density at radius 1 is 1.47 bits per heavy atom. The maximum absolute atomic E-state index is 12.7. The molecule has 1 aliphatic rings. The normalized spacial score (nSPS) is 21.1. The first kappa shape index (κ1) is 15.4. The fourth-order valence-electron chi connectivity index (χ4n) is 2.43. The molecule has 0 spiro atoms. The first-order valence-electron chi connectivity index (χ1n) is 6.11. The van der Waals surface area contributed by atoms with Crippen molar-refractivity contribution in [1.29, 1.82) is 0 Å². The van der Waals surface area contributed by atoms with Crippen molar-refractivity contribution in [2.24, 2.45) is 7.05 Å². The number of rotatable bonds is 5. The highest BCUT2D eigenvalue weighted by atomic mass is 79.9. The van der Waals surface area contributed by atoms with Gasteiger partial charge in [-0.1, -0.05) is 21.1 Å². The number of aromatic nitrogens is 3. The van der Waals surface area contributed by atoms with Crippen molar-refractivity contribution in [1.82, 2.24) is 19.3 Å². The molecule has 2 rings (SSSR count). The van der Waals surface area contributed by atoms with E-state index in [-0.39, 0.29) is 15.7 Å². The van der Waals surface area contributed by atoms with Crippen LogP contribution in [0.1, 0.15) is 25.7 Å². The summed E-state index contributed by atoms with van der Waals surface area (Å²) in [5, 5.41) is 8.54. The second kappa shape index (κ2) is 6.19. The molecule has 0 saturated carbocycles. The fraction of sp³-hybridized carbons (Fsp3) is 0.800. The molecule has 0 aliphatic carbocycles. The SMILES string of the molecule is Cn1nnc(Br)c1S(=O)(=O)N1CCCC1CCCBr. The molecule has 0 N–H and O–H groups in total. The van der Waals surface area contributed by atoms with Crippen LogP contribution in [0.2, 0.25) is 0 Å². The maximum atomic E-state index is 12.7. The van der Waals surface area contributed by atoms with E-state index < -0.39 is 10.0 Å². The Bertz CT molecular complexity index is 526. The number of nitrogens with zero attached hydrogens (tertiary/aromatic N) is 4. The minimum absolute atomic E-state index is 0.0874. The lowest BCUT2D eigenvalue weighted by molar-refractivity contribution is 0.365. The monoisotopic (exact) mass is 414 g/mol. The van der Waals surface area contributed by atoms with E-state index in [2.05, 4.69) is 42.2 Å². The molecular formula is C10H16Br2N4O2S. The smallest absolute Gasteiger partial charge is 0.235 e. The Labute approximate surface area is 129 Å². The molecule has 2 heterocycles. The van der Waals surface area contributed by atoms with Gasteiger partial charge in [-0.25, -0.2) is 13.1 Å². The number of halogens is 2. The van der Waals surface area contributed by atoms with E-state index in [0.717, 1.165) is 31.0 Å². The van der Waals surface area contributed by atoms with Crippen molar-refractivity contribution in [2.45, 2.75) is 36.8 Å². The van der Waals surface area contributed by atoms with Gasteiger partial charge in [-0.15, -0.1) is 5.10 Å². The molecule has 1 fully saturated rings. The summed E-state index contributed by atoms with van der Waals surface area (Å²) in [6, 6.07) is 0.0874. The minimum atomic E-state index is -3.53. The standard InChI is InChI=1S/C10H16Br2N4O2S/c1-15-10(9(12)13-14-15)19(17,18)16-7-3-5-8(16)4-2-6-11/h8H,2-7H2,1H3. The minimum Gasteiger partial charge on any atom is -0.235 e. The zero-order valence-corrected chi connectivity index (χ0v) is 14.6. The van der Waals surface area contributed by atoms with Gasteiger partial charge in [-0.3, -0.25) is 0 Å². The topological polar surface area (TPSA) is 68.1 Å². The Hall–Kier alpha value is 0.01000. The van der Waals surface area contributed by atoms with Gasteiger partial charge in [-0.2, -0.15) is 4.31 Å². The maximum Gasteiger partial charge on any atom is 0.263 e. The zero-order valence-electron chi connectivity index (χ0n) is 10.6. The Kier molecular flexibility index (Phi) is 5.02. The molecule has 0 radical (unpaired) electrons. The van der Waals surface area contributed by atoms with Crippen LogP contribution in [-0.2, 0) is 17.1 Å². The highest BCUT2D eigenvalue weighted by Crippen LogP contribution is 2.30. The van der Waals surface area contributed by atoms with E-state index in [1.54, 1.807) is 11.4 Å². The second-order valence-electron chi connectivity index (χ2n) is 4.55. The third-order valence-electron chi connectivity index (χ3n) is 3.28. The van der Waals surface area contributed by atoms with Crippen molar-refractivity contribution in [3.63, 3.8) is 0 Å². The molecule has 1 atom stereocenters. The highest BCUT2D eigenvalue weighted by Gasteiger charge is 2.38. The van der Waals surface area contributed by atoms with Gasteiger partial charge >= 0.3 is 0 Å². The van der Waals surface area contributed by atoms with Crippen LogP contribution < -0.4 is 0 Å². The van der Waals surface area contributed by atoms with Gasteiger partial charge in [-0.05, 0) is 41.6 Å². The summed E-state index contributed by atoms with van der Waals surface area (Å²) in [7, 11) is -1.94. The second-order valence-corrected chi connectivity index (χ2v) is 7.90. The summed E-state index contributed by atoms with van der Waals surface area (Å²) in [5.74, 6) is 0. The van der Waals surface area contributed by atoms with Crippen LogP contribution in [0.5, 0.6) is 0 Å². The molecular weight excluding hydrogens is 400 g/mol. The largest absolute Gasteiger partial charge is 0.263 e. The van der Waals surface area contributed by atoms with E-state index in [1.807, 2.05) is 0 Å². The predicted molar refractivity (Wildman–Crippen MR) is 78.6 cm³/mol. The van der Waals surface area contributed by atoms with Crippen LogP contribution in [-0.4, -0.2) is 45.6 Å². The van der Waals surface area contributed by atoms with Gasteiger partial charge in [0.25, 0.3) is 10.0 Å². The van der Waals surface area contributed by atoms with Crippen molar-refractivity contribution < 1.29 is 8.42 Å². The average Bonchev–Trinajstić information content (AvgIpc) is 2.94. The van der Waals surface area contributed by atoms with Crippen molar-refractivity contribution >= 4 is 41.9 Å². The Morgan fingerprint density at radius 3 is 2.79 bits per heavy atom. The number of alkyl halides is 1. The molecule has 0 amide bonds. The number of hydrogen-bond acceptors (Lipinski definition) is 4. The average molecular weight is 416 g/mol. The Morgan fingerprint density at radius 2 is 2.21 bits per heavy atom. The van der Waals surface area contributed by atoms with Crippen LogP contribution in [0.15, 0.2) is 9.63 Å².